The van der Waals surface area contributed by atoms with Crippen molar-refractivity contribution in [2.45, 2.75) is 23.3 Å². The van der Waals surface area contributed by atoms with Gasteiger partial charge in [0.05, 0.1) is 5.25 Å². The molecule has 2 aromatic carbocycles. The van der Waals surface area contributed by atoms with Gasteiger partial charge in [0.1, 0.15) is 0 Å². The summed E-state index contributed by atoms with van der Waals surface area (Å²) >= 11 is 2.15. The molecule has 0 amide bonds. The summed E-state index contributed by atoms with van der Waals surface area (Å²) in [7, 11) is 2.23. The first-order valence-corrected chi connectivity index (χ1v) is 8.71. The first kappa shape index (κ1) is 17.4. The number of halogens is 1. The van der Waals surface area contributed by atoms with Gasteiger partial charge < -0.3 is 4.90 Å². The highest BCUT2D eigenvalue weighted by Crippen LogP contribution is 2.40. The molecule has 0 bridgehead atoms. The predicted molar refractivity (Wildman–Crippen MR) is 100 cm³/mol. The van der Waals surface area contributed by atoms with Crippen molar-refractivity contribution in [1.29, 1.82) is 0 Å². The van der Waals surface area contributed by atoms with Crippen LogP contribution in [-0.2, 0) is 0 Å². The zero-order valence-electron chi connectivity index (χ0n) is 13.0. The highest BCUT2D eigenvalue weighted by atomic mass is 35.5. The van der Waals surface area contributed by atoms with Crippen LogP contribution in [0, 0.1) is 0 Å². The van der Waals surface area contributed by atoms with Crippen LogP contribution >= 0.6 is 24.2 Å². The molecule has 1 heterocycles. The molecule has 0 spiro atoms. The molecule has 0 aromatic heterocycles. The minimum atomic E-state index is 0. The van der Waals surface area contributed by atoms with Gasteiger partial charge >= 0.3 is 0 Å². The quantitative estimate of drug-likeness (QED) is 0.772. The molecule has 0 saturated carbocycles. The summed E-state index contributed by atoms with van der Waals surface area (Å²) in [6, 6.07) is 21.9. The number of nitrogens with zero attached hydrogens (tertiary/aromatic N) is 1. The van der Waals surface area contributed by atoms with Crippen LogP contribution in [0.25, 0.3) is 0 Å². The molecule has 1 fully saturated rings. The zero-order valence-corrected chi connectivity index (χ0v) is 14.7. The van der Waals surface area contributed by atoms with E-state index < -0.39 is 0 Å². The minimum absolute atomic E-state index is 0. The molecule has 0 radical (unpaired) electrons. The Labute approximate surface area is 144 Å². The highest BCUT2D eigenvalue weighted by Gasteiger charge is 2.23. The van der Waals surface area contributed by atoms with Gasteiger partial charge in [-0.05, 0) is 44.1 Å². The Morgan fingerprint density at radius 2 is 1.32 bits per heavy atom. The van der Waals surface area contributed by atoms with Gasteiger partial charge in [0.25, 0.3) is 0 Å². The standard InChI is InChI=1S/C19H23NS.ClH/c1-20-14-12-18(13-15-20)21-19(16-8-4-2-5-9-16)17-10-6-3-7-11-17;/h2-11,18-19H,12-15H2,1H3;1H. The first-order valence-electron chi connectivity index (χ1n) is 7.77. The maximum atomic E-state index is 2.44. The maximum Gasteiger partial charge on any atom is 0.0549 e. The average molecular weight is 334 g/mol. The van der Waals surface area contributed by atoms with Crippen molar-refractivity contribution in [2.24, 2.45) is 0 Å². The molecule has 1 nitrogen and oxygen atoms in total. The summed E-state index contributed by atoms with van der Waals surface area (Å²) < 4.78 is 0. The predicted octanol–water partition coefficient (Wildman–Crippen LogP) is 5.03. The molecule has 0 atom stereocenters. The number of hydrogen-bond acceptors (Lipinski definition) is 2. The molecule has 2 aromatic rings. The van der Waals surface area contributed by atoms with Gasteiger partial charge in [-0.2, -0.15) is 0 Å². The summed E-state index contributed by atoms with van der Waals surface area (Å²) in [5, 5.41) is 1.23. The smallest absolute Gasteiger partial charge is 0.0549 e. The van der Waals surface area contributed by atoms with E-state index in [9.17, 15) is 0 Å². The Hall–Kier alpha value is -0.960. The van der Waals surface area contributed by atoms with Gasteiger partial charge in [0.15, 0.2) is 0 Å². The monoisotopic (exact) mass is 333 g/mol. The number of piperidine rings is 1. The molecule has 3 rings (SSSR count). The Bertz CT molecular complexity index is 498. The normalized spacial score (nSPS) is 16.5. The molecule has 1 saturated heterocycles. The second kappa shape index (κ2) is 8.61. The topological polar surface area (TPSA) is 3.24 Å². The largest absolute Gasteiger partial charge is 0.306 e. The van der Waals surface area contributed by atoms with Gasteiger partial charge in [0, 0.05) is 5.25 Å². The van der Waals surface area contributed by atoms with E-state index in [-0.39, 0.29) is 12.4 Å². The fourth-order valence-corrected chi connectivity index (χ4v) is 4.42. The number of rotatable bonds is 4. The third kappa shape index (κ3) is 4.52. The third-order valence-corrected chi connectivity index (χ3v) is 5.87. The van der Waals surface area contributed by atoms with Crippen molar-refractivity contribution in [2.75, 3.05) is 20.1 Å². The molecular weight excluding hydrogens is 310 g/mol. The number of thioether (sulfide) groups is 1. The van der Waals surface area contributed by atoms with E-state index in [0.29, 0.717) is 5.25 Å². The Kier molecular flexibility index (Phi) is 6.81. The molecule has 1 aliphatic rings. The number of hydrogen-bond donors (Lipinski definition) is 0. The van der Waals surface area contributed by atoms with Crippen molar-refractivity contribution in [3.8, 4) is 0 Å². The van der Waals surface area contributed by atoms with Gasteiger partial charge in [-0.15, -0.1) is 24.2 Å². The van der Waals surface area contributed by atoms with Crippen LogP contribution < -0.4 is 0 Å². The van der Waals surface area contributed by atoms with Crippen molar-refractivity contribution >= 4 is 24.2 Å². The van der Waals surface area contributed by atoms with Crippen LogP contribution in [0.5, 0.6) is 0 Å². The van der Waals surface area contributed by atoms with Gasteiger partial charge in [-0.1, -0.05) is 60.7 Å². The summed E-state index contributed by atoms with van der Waals surface area (Å²) in [4.78, 5) is 2.44. The van der Waals surface area contributed by atoms with Crippen LogP contribution in [-0.4, -0.2) is 30.3 Å². The van der Waals surface area contributed by atoms with Crippen molar-refractivity contribution < 1.29 is 0 Å². The van der Waals surface area contributed by atoms with Crippen LogP contribution in [0.3, 0.4) is 0 Å². The van der Waals surface area contributed by atoms with Gasteiger partial charge in [-0.25, -0.2) is 0 Å². The van der Waals surface area contributed by atoms with Gasteiger partial charge in [0.2, 0.25) is 0 Å². The lowest BCUT2D eigenvalue weighted by atomic mass is 10.0. The Morgan fingerprint density at radius 1 is 0.864 bits per heavy atom. The lowest BCUT2D eigenvalue weighted by molar-refractivity contribution is 0.282. The molecule has 3 heteroatoms. The van der Waals surface area contributed by atoms with Crippen molar-refractivity contribution in [3.05, 3.63) is 71.8 Å². The lowest BCUT2D eigenvalue weighted by Gasteiger charge is -2.31. The van der Waals surface area contributed by atoms with E-state index in [4.69, 9.17) is 0 Å². The Balaban J connectivity index is 0.00000176. The molecular formula is C19H24ClNS. The zero-order chi connectivity index (χ0) is 14.5. The number of likely N-dealkylation sites (tertiary alicyclic amines) is 1. The fourth-order valence-electron chi connectivity index (χ4n) is 2.92. The minimum Gasteiger partial charge on any atom is -0.306 e. The summed E-state index contributed by atoms with van der Waals surface area (Å²) in [6.07, 6.45) is 2.61. The second-order valence-electron chi connectivity index (χ2n) is 5.84. The van der Waals surface area contributed by atoms with Gasteiger partial charge in [-0.3, -0.25) is 0 Å². The van der Waals surface area contributed by atoms with E-state index in [2.05, 4.69) is 84.4 Å². The Morgan fingerprint density at radius 3 is 1.77 bits per heavy atom. The van der Waals surface area contributed by atoms with Crippen LogP contribution in [0.15, 0.2) is 60.7 Å². The second-order valence-corrected chi connectivity index (χ2v) is 7.25. The van der Waals surface area contributed by atoms with E-state index >= 15 is 0 Å². The molecule has 1 aliphatic heterocycles. The fraction of sp³-hybridized carbons (Fsp3) is 0.368. The highest BCUT2D eigenvalue weighted by molar-refractivity contribution is 8.00. The first-order chi connectivity index (χ1) is 10.3. The molecule has 118 valence electrons. The molecule has 22 heavy (non-hydrogen) atoms. The molecule has 0 N–H and O–H groups in total. The third-order valence-electron chi connectivity index (χ3n) is 4.20. The number of benzene rings is 2. The van der Waals surface area contributed by atoms with Crippen LogP contribution in [0.4, 0.5) is 0 Å². The summed E-state index contributed by atoms with van der Waals surface area (Å²) in [5.41, 5.74) is 2.85. The average Bonchev–Trinajstić information content (AvgIpc) is 2.56. The summed E-state index contributed by atoms with van der Waals surface area (Å²) in [5.74, 6) is 0. The van der Waals surface area contributed by atoms with Crippen molar-refractivity contribution in [3.63, 3.8) is 0 Å². The summed E-state index contributed by atoms with van der Waals surface area (Å²) in [6.45, 7) is 2.46. The molecule has 0 aliphatic carbocycles. The van der Waals surface area contributed by atoms with E-state index in [1.165, 1.54) is 37.1 Å². The van der Waals surface area contributed by atoms with Crippen LogP contribution in [0.2, 0.25) is 0 Å². The van der Waals surface area contributed by atoms with E-state index in [1.807, 2.05) is 0 Å². The van der Waals surface area contributed by atoms with E-state index in [1.54, 1.807) is 0 Å². The van der Waals surface area contributed by atoms with E-state index in [0.717, 1.165) is 5.25 Å². The lowest BCUT2D eigenvalue weighted by Crippen LogP contribution is -2.31. The van der Waals surface area contributed by atoms with Crippen LogP contribution in [0.1, 0.15) is 29.2 Å². The van der Waals surface area contributed by atoms with Crippen molar-refractivity contribution in [1.82, 2.24) is 4.90 Å². The SMILES string of the molecule is CN1CCC(SC(c2ccccc2)c2ccccc2)CC1.Cl. The molecule has 0 unspecified atom stereocenters. The maximum absolute atomic E-state index is 2.44.